The molecule has 88 valence electrons. The van der Waals surface area contributed by atoms with Crippen molar-refractivity contribution < 1.29 is 0 Å². The Morgan fingerprint density at radius 1 is 1.38 bits per heavy atom. The first kappa shape index (κ1) is 12.0. The predicted octanol–water partition coefficient (Wildman–Crippen LogP) is 1.52. The summed E-state index contributed by atoms with van der Waals surface area (Å²) in [6.45, 7) is 3.28. The molecular weight excluding hydrogens is 315 g/mol. The normalized spacial score (nSPS) is 17.8. The number of piperidine rings is 1. The molecule has 0 radical (unpaired) electrons. The average molecular weight is 332 g/mol. The second kappa shape index (κ2) is 5.77. The first-order valence-corrected chi connectivity index (χ1v) is 6.74. The molecule has 0 aliphatic carbocycles. The van der Waals surface area contributed by atoms with E-state index >= 15 is 0 Å². The van der Waals surface area contributed by atoms with Crippen molar-refractivity contribution >= 4 is 28.5 Å². The number of halogens is 1. The standard InChI is InChI=1S/C11H17IN4/c1-13-6-9-2-4-16(5-3-9)11-14-7-10(12)8-15-11/h7-9,13H,2-6H2,1H3. The minimum atomic E-state index is 0.810. The minimum Gasteiger partial charge on any atom is -0.341 e. The van der Waals surface area contributed by atoms with Crippen molar-refractivity contribution in [2.45, 2.75) is 12.8 Å². The molecule has 1 N–H and O–H groups in total. The lowest BCUT2D eigenvalue weighted by atomic mass is 9.97. The third-order valence-corrected chi connectivity index (χ3v) is 3.55. The zero-order valence-electron chi connectivity index (χ0n) is 9.49. The topological polar surface area (TPSA) is 41.0 Å². The summed E-state index contributed by atoms with van der Waals surface area (Å²) in [7, 11) is 2.02. The summed E-state index contributed by atoms with van der Waals surface area (Å²) in [5.41, 5.74) is 0. The third-order valence-electron chi connectivity index (χ3n) is 3.00. The number of hydrogen-bond donors (Lipinski definition) is 1. The molecule has 4 nitrogen and oxygen atoms in total. The number of nitrogens with zero attached hydrogens (tertiary/aromatic N) is 3. The van der Waals surface area contributed by atoms with E-state index in [4.69, 9.17) is 0 Å². The van der Waals surface area contributed by atoms with Gasteiger partial charge in [0, 0.05) is 29.1 Å². The number of anilines is 1. The van der Waals surface area contributed by atoms with Gasteiger partial charge in [-0.1, -0.05) is 0 Å². The molecule has 0 amide bonds. The smallest absolute Gasteiger partial charge is 0.225 e. The van der Waals surface area contributed by atoms with Crippen LogP contribution in [0.15, 0.2) is 12.4 Å². The van der Waals surface area contributed by atoms with Gasteiger partial charge in [0.05, 0.1) is 0 Å². The van der Waals surface area contributed by atoms with Crippen molar-refractivity contribution in [2.75, 3.05) is 31.6 Å². The maximum Gasteiger partial charge on any atom is 0.225 e. The van der Waals surface area contributed by atoms with E-state index < -0.39 is 0 Å². The second-order valence-corrected chi connectivity index (χ2v) is 5.44. The number of nitrogens with one attached hydrogen (secondary N) is 1. The van der Waals surface area contributed by atoms with Crippen LogP contribution in [0.3, 0.4) is 0 Å². The van der Waals surface area contributed by atoms with Crippen molar-refractivity contribution in [3.8, 4) is 0 Å². The lowest BCUT2D eigenvalue weighted by Crippen LogP contribution is -2.37. The molecule has 1 aliphatic heterocycles. The number of hydrogen-bond acceptors (Lipinski definition) is 4. The quantitative estimate of drug-likeness (QED) is 0.852. The zero-order valence-corrected chi connectivity index (χ0v) is 11.6. The largest absolute Gasteiger partial charge is 0.341 e. The Bertz CT molecular complexity index is 319. The Morgan fingerprint density at radius 3 is 2.56 bits per heavy atom. The van der Waals surface area contributed by atoms with E-state index in [-0.39, 0.29) is 0 Å². The van der Waals surface area contributed by atoms with Crippen LogP contribution in [0, 0.1) is 9.49 Å². The van der Waals surface area contributed by atoms with Crippen LogP contribution in [0.1, 0.15) is 12.8 Å². The van der Waals surface area contributed by atoms with Crippen LogP contribution in [0.25, 0.3) is 0 Å². The molecule has 0 aromatic carbocycles. The van der Waals surface area contributed by atoms with E-state index in [0.29, 0.717) is 0 Å². The van der Waals surface area contributed by atoms with Crippen LogP contribution < -0.4 is 10.2 Å². The third kappa shape index (κ3) is 3.04. The molecule has 1 fully saturated rings. The number of aromatic nitrogens is 2. The molecule has 0 saturated carbocycles. The highest BCUT2D eigenvalue weighted by molar-refractivity contribution is 14.1. The van der Waals surface area contributed by atoms with Gasteiger partial charge in [0.15, 0.2) is 0 Å². The maximum absolute atomic E-state index is 4.36. The molecule has 16 heavy (non-hydrogen) atoms. The summed E-state index contributed by atoms with van der Waals surface area (Å²) in [5.74, 6) is 1.69. The maximum atomic E-state index is 4.36. The molecule has 0 spiro atoms. The van der Waals surface area contributed by atoms with Gasteiger partial charge < -0.3 is 10.2 Å². The minimum absolute atomic E-state index is 0.810. The molecule has 1 aliphatic rings. The molecule has 0 unspecified atom stereocenters. The van der Waals surface area contributed by atoms with E-state index in [1.807, 2.05) is 19.4 Å². The van der Waals surface area contributed by atoms with Crippen LogP contribution in [0.5, 0.6) is 0 Å². The van der Waals surface area contributed by atoms with E-state index in [1.165, 1.54) is 12.8 Å². The van der Waals surface area contributed by atoms with Crippen LogP contribution in [-0.2, 0) is 0 Å². The highest BCUT2D eigenvalue weighted by Gasteiger charge is 2.19. The first-order chi connectivity index (χ1) is 7.79. The van der Waals surface area contributed by atoms with E-state index in [2.05, 4.69) is 42.8 Å². The molecule has 1 aromatic rings. The summed E-state index contributed by atoms with van der Waals surface area (Å²) in [6.07, 6.45) is 6.22. The van der Waals surface area contributed by atoms with Gasteiger partial charge >= 0.3 is 0 Å². The fourth-order valence-electron chi connectivity index (χ4n) is 2.09. The Labute approximate surface area is 110 Å². The predicted molar refractivity (Wildman–Crippen MR) is 73.6 cm³/mol. The van der Waals surface area contributed by atoms with Gasteiger partial charge in [0.1, 0.15) is 0 Å². The summed E-state index contributed by atoms with van der Waals surface area (Å²) < 4.78 is 1.09. The Hall–Kier alpha value is -0.430. The molecule has 0 atom stereocenters. The molecule has 0 bridgehead atoms. The Morgan fingerprint density at radius 2 is 2.00 bits per heavy atom. The van der Waals surface area contributed by atoms with Gasteiger partial charge in [0.2, 0.25) is 5.95 Å². The van der Waals surface area contributed by atoms with Crippen molar-refractivity contribution in [3.63, 3.8) is 0 Å². The highest BCUT2D eigenvalue weighted by atomic mass is 127. The van der Waals surface area contributed by atoms with Crippen LogP contribution >= 0.6 is 22.6 Å². The lowest BCUT2D eigenvalue weighted by Gasteiger charge is -2.31. The van der Waals surface area contributed by atoms with Gasteiger partial charge in [-0.05, 0) is 54.9 Å². The van der Waals surface area contributed by atoms with Crippen LogP contribution in [0.4, 0.5) is 5.95 Å². The fraction of sp³-hybridized carbons (Fsp3) is 0.636. The van der Waals surface area contributed by atoms with Crippen LogP contribution in [-0.4, -0.2) is 36.6 Å². The lowest BCUT2D eigenvalue weighted by molar-refractivity contribution is 0.391. The molecule has 1 aromatic heterocycles. The van der Waals surface area contributed by atoms with Gasteiger partial charge in [-0.15, -0.1) is 0 Å². The monoisotopic (exact) mass is 332 g/mol. The molecular formula is C11H17IN4. The second-order valence-electron chi connectivity index (χ2n) is 4.19. The highest BCUT2D eigenvalue weighted by Crippen LogP contribution is 2.19. The zero-order chi connectivity index (χ0) is 11.4. The molecule has 5 heteroatoms. The SMILES string of the molecule is CNCC1CCN(c2ncc(I)cn2)CC1. The van der Waals surface area contributed by atoms with Crippen molar-refractivity contribution in [1.82, 2.24) is 15.3 Å². The summed E-state index contributed by atoms with van der Waals surface area (Å²) in [4.78, 5) is 11.0. The van der Waals surface area contributed by atoms with E-state index in [9.17, 15) is 0 Å². The Balaban J connectivity index is 1.91. The van der Waals surface area contributed by atoms with E-state index in [1.54, 1.807) is 0 Å². The fourth-order valence-corrected chi connectivity index (χ4v) is 2.37. The summed E-state index contributed by atoms with van der Waals surface area (Å²) in [6, 6.07) is 0. The van der Waals surface area contributed by atoms with Crippen molar-refractivity contribution in [3.05, 3.63) is 16.0 Å². The molecule has 1 saturated heterocycles. The summed E-state index contributed by atoms with van der Waals surface area (Å²) in [5, 5.41) is 3.25. The molecule has 2 heterocycles. The van der Waals surface area contributed by atoms with Crippen molar-refractivity contribution in [1.29, 1.82) is 0 Å². The Kier molecular flexibility index (Phi) is 4.34. The summed E-state index contributed by atoms with van der Waals surface area (Å²) >= 11 is 2.23. The van der Waals surface area contributed by atoms with Gasteiger partial charge in [-0.3, -0.25) is 0 Å². The van der Waals surface area contributed by atoms with Gasteiger partial charge in [0.25, 0.3) is 0 Å². The van der Waals surface area contributed by atoms with Crippen molar-refractivity contribution in [2.24, 2.45) is 5.92 Å². The number of rotatable bonds is 3. The van der Waals surface area contributed by atoms with Gasteiger partial charge in [-0.25, -0.2) is 9.97 Å². The van der Waals surface area contributed by atoms with E-state index in [0.717, 1.165) is 35.1 Å². The first-order valence-electron chi connectivity index (χ1n) is 5.66. The average Bonchev–Trinajstić information content (AvgIpc) is 2.32. The van der Waals surface area contributed by atoms with Crippen LogP contribution in [0.2, 0.25) is 0 Å². The molecule has 2 rings (SSSR count). The van der Waals surface area contributed by atoms with Gasteiger partial charge in [-0.2, -0.15) is 0 Å².